The van der Waals surface area contributed by atoms with Crippen molar-refractivity contribution >= 4 is 0 Å². The van der Waals surface area contributed by atoms with E-state index in [4.69, 9.17) is 5.84 Å². The third kappa shape index (κ3) is 5.09. The van der Waals surface area contributed by atoms with Crippen molar-refractivity contribution in [1.82, 2.24) is 5.43 Å². The summed E-state index contributed by atoms with van der Waals surface area (Å²) in [6.45, 7) is -1.74. The lowest BCUT2D eigenvalue weighted by Crippen LogP contribution is -2.31. The van der Waals surface area contributed by atoms with Crippen molar-refractivity contribution in [1.29, 1.82) is 0 Å². The molecule has 1 aromatic carbocycles. The van der Waals surface area contributed by atoms with E-state index in [1.54, 1.807) is 0 Å². The summed E-state index contributed by atoms with van der Waals surface area (Å²) in [5, 5.41) is 0. The second kappa shape index (κ2) is 6.78. The summed E-state index contributed by atoms with van der Waals surface area (Å²) >= 11 is 0. The number of halogens is 5. The standard InChI is InChI=1S/C11H13F5N2O/c12-7-2-1-3-8(13)10(7)9(18-17)4-5-19-6-11(14,15)16/h1-3,9,18H,4-6,17H2. The van der Waals surface area contributed by atoms with Gasteiger partial charge in [-0.25, -0.2) is 8.78 Å². The van der Waals surface area contributed by atoms with Gasteiger partial charge in [-0.1, -0.05) is 6.07 Å². The zero-order valence-electron chi connectivity index (χ0n) is 9.81. The van der Waals surface area contributed by atoms with Crippen molar-refractivity contribution in [3.63, 3.8) is 0 Å². The van der Waals surface area contributed by atoms with Gasteiger partial charge in [-0.05, 0) is 18.6 Å². The Labute approximate surface area is 106 Å². The molecule has 0 fully saturated rings. The van der Waals surface area contributed by atoms with E-state index in [0.29, 0.717) is 0 Å². The molecule has 19 heavy (non-hydrogen) atoms. The van der Waals surface area contributed by atoms with E-state index in [0.717, 1.165) is 12.1 Å². The van der Waals surface area contributed by atoms with Gasteiger partial charge in [0.05, 0.1) is 6.04 Å². The first kappa shape index (κ1) is 15.8. The Morgan fingerprint density at radius 2 is 1.79 bits per heavy atom. The number of rotatable bonds is 6. The monoisotopic (exact) mass is 284 g/mol. The summed E-state index contributed by atoms with van der Waals surface area (Å²) in [6, 6.07) is 2.30. The zero-order chi connectivity index (χ0) is 14.5. The molecule has 3 N–H and O–H groups in total. The molecular weight excluding hydrogens is 271 g/mol. The topological polar surface area (TPSA) is 47.3 Å². The van der Waals surface area contributed by atoms with Gasteiger partial charge in [0.1, 0.15) is 18.2 Å². The summed E-state index contributed by atoms with van der Waals surface area (Å²) in [5.41, 5.74) is 1.84. The number of hydrogen-bond acceptors (Lipinski definition) is 3. The van der Waals surface area contributed by atoms with Gasteiger partial charge >= 0.3 is 6.18 Å². The maximum absolute atomic E-state index is 13.4. The average molecular weight is 284 g/mol. The minimum atomic E-state index is -4.44. The van der Waals surface area contributed by atoms with Gasteiger partial charge in [-0.15, -0.1) is 0 Å². The Balaban J connectivity index is 2.59. The summed E-state index contributed by atoms with van der Waals surface area (Å²) in [5.74, 6) is 3.51. The molecule has 0 aliphatic heterocycles. The van der Waals surface area contributed by atoms with Crippen LogP contribution in [0.4, 0.5) is 22.0 Å². The highest BCUT2D eigenvalue weighted by Crippen LogP contribution is 2.23. The second-order valence-corrected chi connectivity index (χ2v) is 3.81. The number of alkyl halides is 3. The van der Waals surface area contributed by atoms with Gasteiger partial charge in [0.25, 0.3) is 0 Å². The maximum atomic E-state index is 13.4. The average Bonchev–Trinajstić information content (AvgIpc) is 2.30. The SMILES string of the molecule is NNC(CCOCC(F)(F)F)c1c(F)cccc1F. The van der Waals surface area contributed by atoms with Crippen molar-refractivity contribution in [3.05, 3.63) is 35.4 Å². The molecule has 1 atom stereocenters. The molecule has 0 saturated heterocycles. The summed E-state index contributed by atoms with van der Waals surface area (Å²) in [7, 11) is 0. The first-order chi connectivity index (χ1) is 8.85. The number of nitrogens with one attached hydrogen (secondary N) is 1. The van der Waals surface area contributed by atoms with Crippen LogP contribution in [0.2, 0.25) is 0 Å². The number of nitrogens with two attached hydrogens (primary N) is 1. The molecule has 0 spiro atoms. The predicted octanol–water partition coefficient (Wildman–Crippen LogP) is 2.44. The van der Waals surface area contributed by atoms with E-state index < -0.39 is 30.5 Å². The van der Waals surface area contributed by atoms with Crippen molar-refractivity contribution in [2.24, 2.45) is 5.84 Å². The first-order valence-corrected chi connectivity index (χ1v) is 5.39. The number of ether oxygens (including phenoxy) is 1. The third-order valence-corrected chi connectivity index (χ3v) is 2.37. The van der Waals surface area contributed by atoms with Crippen LogP contribution in [0.25, 0.3) is 0 Å². The van der Waals surface area contributed by atoms with Gasteiger partial charge in [-0.2, -0.15) is 13.2 Å². The quantitative estimate of drug-likeness (QED) is 0.365. The van der Waals surface area contributed by atoms with Gasteiger partial charge in [-0.3, -0.25) is 11.3 Å². The highest BCUT2D eigenvalue weighted by molar-refractivity contribution is 5.23. The molecule has 0 bridgehead atoms. The van der Waals surface area contributed by atoms with E-state index in [9.17, 15) is 22.0 Å². The molecule has 108 valence electrons. The normalized spacial score (nSPS) is 13.6. The third-order valence-electron chi connectivity index (χ3n) is 2.37. The lowest BCUT2D eigenvalue weighted by Gasteiger charge is -2.18. The van der Waals surface area contributed by atoms with Crippen molar-refractivity contribution in [2.75, 3.05) is 13.2 Å². The molecule has 0 saturated carbocycles. The highest BCUT2D eigenvalue weighted by atomic mass is 19.4. The van der Waals surface area contributed by atoms with E-state index in [1.807, 2.05) is 0 Å². The predicted molar refractivity (Wildman–Crippen MR) is 57.9 cm³/mol. The molecule has 0 aliphatic carbocycles. The smallest absolute Gasteiger partial charge is 0.372 e. The van der Waals surface area contributed by atoms with Crippen molar-refractivity contribution in [2.45, 2.75) is 18.6 Å². The van der Waals surface area contributed by atoms with E-state index in [2.05, 4.69) is 10.2 Å². The largest absolute Gasteiger partial charge is 0.411 e. The highest BCUT2D eigenvalue weighted by Gasteiger charge is 2.27. The van der Waals surface area contributed by atoms with Crippen LogP contribution in [-0.4, -0.2) is 19.4 Å². The van der Waals surface area contributed by atoms with Crippen molar-refractivity contribution < 1.29 is 26.7 Å². The lowest BCUT2D eigenvalue weighted by molar-refractivity contribution is -0.174. The zero-order valence-corrected chi connectivity index (χ0v) is 9.81. The van der Waals surface area contributed by atoms with Crippen LogP contribution in [0.5, 0.6) is 0 Å². The fourth-order valence-electron chi connectivity index (χ4n) is 1.54. The van der Waals surface area contributed by atoms with E-state index >= 15 is 0 Å². The Hall–Kier alpha value is -1.25. The minimum Gasteiger partial charge on any atom is -0.372 e. The fraction of sp³-hybridized carbons (Fsp3) is 0.455. The molecule has 3 nitrogen and oxygen atoms in total. The number of benzene rings is 1. The number of hydrazine groups is 1. The van der Waals surface area contributed by atoms with Crippen LogP contribution < -0.4 is 11.3 Å². The summed E-state index contributed by atoms with van der Waals surface area (Å²) in [6.07, 6.45) is -4.53. The molecule has 0 aromatic heterocycles. The maximum Gasteiger partial charge on any atom is 0.411 e. The van der Waals surface area contributed by atoms with Gasteiger partial charge in [0, 0.05) is 12.2 Å². The minimum absolute atomic E-state index is 0.0928. The lowest BCUT2D eigenvalue weighted by atomic mass is 10.0. The molecule has 1 aromatic rings. The molecule has 0 aliphatic rings. The molecule has 0 heterocycles. The first-order valence-electron chi connectivity index (χ1n) is 5.39. The Bertz CT molecular complexity index is 390. The van der Waals surface area contributed by atoms with Crippen molar-refractivity contribution in [3.8, 4) is 0 Å². The van der Waals surface area contributed by atoms with E-state index in [1.165, 1.54) is 6.07 Å². The molecule has 0 radical (unpaired) electrons. The van der Waals surface area contributed by atoms with Crippen LogP contribution in [-0.2, 0) is 4.74 Å². The Morgan fingerprint density at radius 1 is 1.21 bits per heavy atom. The summed E-state index contributed by atoms with van der Waals surface area (Å²) in [4.78, 5) is 0. The Morgan fingerprint density at radius 3 is 2.26 bits per heavy atom. The molecule has 1 unspecified atom stereocenters. The second-order valence-electron chi connectivity index (χ2n) is 3.81. The van der Waals surface area contributed by atoms with Gasteiger partial charge < -0.3 is 4.74 Å². The van der Waals surface area contributed by atoms with Crippen LogP contribution in [0.1, 0.15) is 18.0 Å². The molecule has 8 heteroatoms. The Kier molecular flexibility index (Phi) is 5.64. The van der Waals surface area contributed by atoms with Crippen LogP contribution >= 0.6 is 0 Å². The van der Waals surface area contributed by atoms with Crippen LogP contribution in [0, 0.1) is 11.6 Å². The van der Waals surface area contributed by atoms with Gasteiger partial charge in [0.15, 0.2) is 0 Å². The molecular formula is C11H13F5N2O. The molecule has 0 amide bonds. The van der Waals surface area contributed by atoms with E-state index in [-0.39, 0.29) is 18.6 Å². The fourth-order valence-corrected chi connectivity index (χ4v) is 1.54. The summed E-state index contributed by atoms with van der Waals surface area (Å²) < 4.78 is 66.7. The number of hydrogen-bond donors (Lipinski definition) is 2. The van der Waals surface area contributed by atoms with Gasteiger partial charge in [0.2, 0.25) is 0 Å². The molecule has 1 rings (SSSR count). The van der Waals surface area contributed by atoms with Crippen LogP contribution in [0.3, 0.4) is 0 Å². The van der Waals surface area contributed by atoms with Crippen LogP contribution in [0.15, 0.2) is 18.2 Å².